The van der Waals surface area contributed by atoms with Crippen molar-refractivity contribution in [1.29, 1.82) is 0 Å². The average Bonchev–Trinajstić information content (AvgIpc) is 2.68. The number of hydrogen-bond donors (Lipinski definition) is 1. The Labute approximate surface area is 165 Å². The highest BCUT2D eigenvalue weighted by atomic mass is 19.4. The lowest BCUT2D eigenvalue weighted by molar-refractivity contribution is -0.171. The highest BCUT2D eigenvalue weighted by molar-refractivity contribution is 6.09. The van der Waals surface area contributed by atoms with E-state index in [-0.39, 0.29) is 22.8 Å². The van der Waals surface area contributed by atoms with Crippen molar-refractivity contribution in [2.24, 2.45) is 0 Å². The summed E-state index contributed by atoms with van der Waals surface area (Å²) in [4.78, 5) is 37.2. The number of rotatable bonds is 6. The molecule has 6 nitrogen and oxygen atoms in total. The molecule has 0 saturated heterocycles. The highest BCUT2D eigenvalue weighted by Gasteiger charge is 2.46. The third kappa shape index (κ3) is 5.34. The summed E-state index contributed by atoms with van der Waals surface area (Å²) >= 11 is 0. The quantitative estimate of drug-likeness (QED) is 0.738. The van der Waals surface area contributed by atoms with Crippen LogP contribution < -0.4 is 10.2 Å². The van der Waals surface area contributed by atoms with Crippen molar-refractivity contribution in [3.05, 3.63) is 60.2 Å². The molecule has 0 aromatic heterocycles. The van der Waals surface area contributed by atoms with Crippen molar-refractivity contribution < 1.29 is 32.3 Å². The number of benzene rings is 2. The van der Waals surface area contributed by atoms with Crippen molar-refractivity contribution in [2.45, 2.75) is 26.1 Å². The molecule has 1 N–H and O–H groups in total. The summed E-state index contributed by atoms with van der Waals surface area (Å²) in [7, 11) is 0. The van der Waals surface area contributed by atoms with E-state index in [4.69, 9.17) is 4.74 Å². The Kier molecular flexibility index (Phi) is 6.98. The van der Waals surface area contributed by atoms with Gasteiger partial charge in [0, 0.05) is 5.69 Å². The number of esters is 1. The zero-order valence-corrected chi connectivity index (χ0v) is 15.7. The Morgan fingerprint density at radius 2 is 1.62 bits per heavy atom. The van der Waals surface area contributed by atoms with Crippen molar-refractivity contribution in [3.8, 4) is 0 Å². The van der Waals surface area contributed by atoms with Crippen LogP contribution in [0.15, 0.2) is 54.6 Å². The van der Waals surface area contributed by atoms with Gasteiger partial charge in [-0.3, -0.25) is 14.5 Å². The van der Waals surface area contributed by atoms with E-state index in [9.17, 15) is 27.6 Å². The summed E-state index contributed by atoms with van der Waals surface area (Å²) in [5.41, 5.74) is -0.280. The molecule has 9 heteroatoms. The Morgan fingerprint density at radius 3 is 2.21 bits per heavy atom. The SMILES string of the molecule is CCOC(=O)c1ccccc1N(C(=O)C(F)(F)F)C(C)C(=O)Nc1ccccc1. The standard InChI is InChI=1S/C20H19F3N2O4/c1-3-29-18(27)15-11-7-8-12-16(15)25(19(28)20(21,22)23)13(2)17(26)24-14-9-5-4-6-10-14/h4-13H,3H2,1-2H3,(H,24,26). The van der Waals surface area contributed by atoms with E-state index >= 15 is 0 Å². The highest BCUT2D eigenvalue weighted by Crippen LogP contribution is 2.29. The third-order valence-corrected chi connectivity index (χ3v) is 3.93. The van der Waals surface area contributed by atoms with Crippen LogP contribution in [0.2, 0.25) is 0 Å². The molecule has 0 heterocycles. The first-order valence-corrected chi connectivity index (χ1v) is 8.69. The molecule has 0 fully saturated rings. The van der Waals surface area contributed by atoms with Crippen LogP contribution >= 0.6 is 0 Å². The summed E-state index contributed by atoms with van der Waals surface area (Å²) in [6.45, 7) is 2.67. The molecule has 2 aromatic rings. The maximum absolute atomic E-state index is 13.3. The minimum absolute atomic E-state index is 0.00949. The Bertz CT molecular complexity index is 885. The number of nitrogens with zero attached hydrogens (tertiary/aromatic N) is 1. The van der Waals surface area contributed by atoms with Gasteiger partial charge in [0.15, 0.2) is 0 Å². The van der Waals surface area contributed by atoms with Crippen LogP contribution in [-0.2, 0) is 14.3 Å². The van der Waals surface area contributed by atoms with Gasteiger partial charge in [-0.2, -0.15) is 13.2 Å². The molecule has 29 heavy (non-hydrogen) atoms. The van der Waals surface area contributed by atoms with Crippen LogP contribution in [0.1, 0.15) is 24.2 Å². The van der Waals surface area contributed by atoms with Crippen LogP contribution in [0.3, 0.4) is 0 Å². The second-order valence-electron chi connectivity index (χ2n) is 5.94. The minimum atomic E-state index is -5.26. The van der Waals surface area contributed by atoms with Gasteiger partial charge in [-0.25, -0.2) is 4.79 Å². The van der Waals surface area contributed by atoms with Gasteiger partial charge in [-0.1, -0.05) is 30.3 Å². The molecule has 0 aliphatic carbocycles. The van der Waals surface area contributed by atoms with Gasteiger partial charge in [0.05, 0.1) is 17.9 Å². The van der Waals surface area contributed by atoms with E-state index in [0.717, 1.165) is 13.0 Å². The topological polar surface area (TPSA) is 75.7 Å². The van der Waals surface area contributed by atoms with Gasteiger partial charge < -0.3 is 10.1 Å². The second-order valence-corrected chi connectivity index (χ2v) is 5.94. The predicted molar refractivity (Wildman–Crippen MR) is 100 cm³/mol. The number of hydrogen-bond acceptors (Lipinski definition) is 4. The van der Waals surface area contributed by atoms with E-state index in [1.54, 1.807) is 30.3 Å². The molecular formula is C20H19F3N2O4. The molecule has 2 amide bonds. The lowest BCUT2D eigenvalue weighted by Crippen LogP contribution is -2.51. The Balaban J connectivity index is 2.47. The van der Waals surface area contributed by atoms with Crippen molar-refractivity contribution in [3.63, 3.8) is 0 Å². The molecule has 0 aliphatic rings. The zero-order chi connectivity index (χ0) is 21.6. The first kappa shape index (κ1) is 21.9. The molecule has 0 bridgehead atoms. The van der Waals surface area contributed by atoms with E-state index in [2.05, 4.69) is 5.32 Å². The van der Waals surface area contributed by atoms with E-state index in [0.29, 0.717) is 5.69 Å². The fraction of sp³-hybridized carbons (Fsp3) is 0.250. The van der Waals surface area contributed by atoms with Gasteiger partial charge in [0.1, 0.15) is 6.04 Å². The van der Waals surface area contributed by atoms with Crippen molar-refractivity contribution in [1.82, 2.24) is 0 Å². The smallest absolute Gasteiger partial charge is 0.462 e. The minimum Gasteiger partial charge on any atom is -0.462 e. The van der Waals surface area contributed by atoms with E-state index < -0.39 is 30.0 Å². The Morgan fingerprint density at radius 1 is 1.03 bits per heavy atom. The number of carbonyl (C=O) groups is 3. The summed E-state index contributed by atoms with van der Waals surface area (Å²) < 4.78 is 44.7. The molecular weight excluding hydrogens is 389 g/mol. The number of amides is 2. The van der Waals surface area contributed by atoms with Crippen molar-refractivity contribution in [2.75, 3.05) is 16.8 Å². The van der Waals surface area contributed by atoms with Crippen LogP contribution in [0.4, 0.5) is 24.5 Å². The molecule has 154 valence electrons. The molecule has 0 saturated carbocycles. The van der Waals surface area contributed by atoms with E-state index in [1.807, 2.05) is 0 Å². The Hall–Kier alpha value is -3.36. The second kappa shape index (κ2) is 9.22. The van der Waals surface area contributed by atoms with Gasteiger partial charge in [-0.05, 0) is 38.1 Å². The fourth-order valence-corrected chi connectivity index (χ4v) is 2.58. The number of carbonyl (C=O) groups excluding carboxylic acids is 3. The van der Waals surface area contributed by atoms with Crippen LogP contribution in [0.25, 0.3) is 0 Å². The maximum atomic E-state index is 13.3. The number of ether oxygens (including phenoxy) is 1. The lowest BCUT2D eigenvalue weighted by atomic mass is 10.1. The number of nitrogens with one attached hydrogen (secondary N) is 1. The normalized spacial score (nSPS) is 12.0. The summed E-state index contributed by atoms with van der Waals surface area (Å²) in [5.74, 6) is -4.03. The molecule has 1 atom stereocenters. The molecule has 2 rings (SSSR count). The van der Waals surface area contributed by atoms with Gasteiger partial charge in [0.25, 0.3) is 0 Å². The summed E-state index contributed by atoms with van der Waals surface area (Å²) in [6.07, 6.45) is -5.26. The largest absolute Gasteiger partial charge is 0.471 e. The first-order chi connectivity index (χ1) is 13.7. The van der Waals surface area contributed by atoms with Crippen LogP contribution in [-0.4, -0.2) is 36.6 Å². The van der Waals surface area contributed by atoms with Gasteiger partial charge in [0.2, 0.25) is 5.91 Å². The summed E-state index contributed by atoms with van der Waals surface area (Å²) in [6, 6.07) is 11.7. The molecule has 0 aliphatic heterocycles. The van der Waals surface area contributed by atoms with Crippen LogP contribution in [0, 0.1) is 0 Å². The molecule has 1 unspecified atom stereocenters. The van der Waals surface area contributed by atoms with Gasteiger partial charge >= 0.3 is 18.1 Å². The monoisotopic (exact) mass is 408 g/mol. The lowest BCUT2D eigenvalue weighted by Gasteiger charge is -2.30. The third-order valence-electron chi connectivity index (χ3n) is 3.93. The van der Waals surface area contributed by atoms with Gasteiger partial charge in [-0.15, -0.1) is 0 Å². The average molecular weight is 408 g/mol. The predicted octanol–water partition coefficient (Wildman–Crippen LogP) is 3.79. The number of alkyl halides is 3. The van der Waals surface area contributed by atoms with E-state index in [1.165, 1.54) is 25.1 Å². The van der Waals surface area contributed by atoms with Crippen LogP contribution in [0.5, 0.6) is 0 Å². The number of anilines is 2. The number of halogens is 3. The molecule has 2 aromatic carbocycles. The number of para-hydroxylation sites is 2. The fourth-order valence-electron chi connectivity index (χ4n) is 2.58. The zero-order valence-electron chi connectivity index (χ0n) is 15.7. The molecule has 0 radical (unpaired) electrons. The van der Waals surface area contributed by atoms with Crippen molar-refractivity contribution >= 4 is 29.2 Å². The molecule has 0 spiro atoms. The summed E-state index contributed by atoms with van der Waals surface area (Å²) in [5, 5.41) is 2.46. The first-order valence-electron chi connectivity index (χ1n) is 8.69. The maximum Gasteiger partial charge on any atom is 0.471 e.